The second kappa shape index (κ2) is 7.41. The number of ether oxygens (including phenoxy) is 1. The van der Waals surface area contributed by atoms with Crippen LogP contribution in [0.1, 0.15) is 38.4 Å². The van der Waals surface area contributed by atoms with Gasteiger partial charge in [0.15, 0.2) is 0 Å². The average molecular weight is 428 g/mol. The van der Waals surface area contributed by atoms with Gasteiger partial charge >= 0.3 is 6.09 Å². The van der Waals surface area contributed by atoms with Gasteiger partial charge in [-0.15, -0.1) is 0 Å². The molecule has 0 radical (unpaired) electrons. The number of para-hydroxylation sites is 1. The van der Waals surface area contributed by atoms with E-state index in [-0.39, 0.29) is 11.8 Å². The molecule has 1 aromatic carbocycles. The van der Waals surface area contributed by atoms with E-state index in [2.05, 4.69) is 16.7 Å². The van der Waals surface area contributed by atoms with Crippen LogP contribution in [0.15, 0.2) is 77.8 Å². The smallest absolute Gasteiger partial charge is 0.418 e. The molecule has 6 heteroatoms. The molecule has 0 bridgehead atoms. The Morgan fingerprint density at radius 1 is 1.09 bits per heavy atom. The van der Waals surface area contributed by atoms with Gasteiger partial charge in [-0.2, -0.15) is 0 Å². The lowest BCUT2D eigenvalue weighted by molar-refractivity contribution is -0.116. The topological polar surface area (TPSA) is 72.4 Å². The Hall–Kier alpha value is -3.80. The Morgan fingerprint density at radius 3 is 2.72 bits per heavy atom. The lowest BCUT2D eigenvalue weighted by atomic mass is 9.87. The molecule has 1 amide bonds. The van der Waals surface area contributed by atoms with Crippen LogP contribution in [0.3, 0.4) is 0 Å². The van der Waals surface area contributed by atoms with Crippen LogP contribution >= 0.6 is 0 Å². The fourth-order valence-corrected chi connectivity index (χ4v) is 4.30. The van der Waals surface area contributed by atoms with Crippen molar-refractivity contribution in [1.82, 2.24) is 9.88 Å². The molecular formula is C26H25N3O3. The van der Waals surface area contributed by atoms with Crippen LogP contribution in [0, 0.1) is 5.92 Å². The van der Waals surface area contributed by atoms with Gasteiger partial charge in [-0.05, 0) is 68.7 Å². The zero-order valence-corrected chi connectivity index (χ0v) is 18.3. The molecule has 1 unspecified atom stereocenters. The normalized spacial score (nSPS) is 21.7. The van der Waals surface area contributed by atoms with Gasteiger partial charge in [0.25, 0.3) is 5.91 Å². The van der Waals surface area contributed by atoms with Gasteiger partial charge in [0.1, 0.15) is 5.60 Å². The van der Waals surface area contributed by atoms with E-state index in [4.69, 9.17) is 4.74 Å². The van der Waals surface area contributed by atoms with Crippen LogP contribution in [0.4, 0.5) is 10.5 Å². The number of nitrogens with zero attached hydrogens (tertiary/aromatic N) is 1. The summed E-state index contributed by atoms with van der Waals surface area (Å²) in [6.45, 7) is 5.53. The number of allylic oxidation sites excluding steroid dienone is 5. The number of rotatable bonds is 1. The third kappa shape index (κ3) is 3.58. The number of hydrogen-bond acceptors (Lipinski definition) is 4. The van der Waals surface area contributed by atoms with Gasteiger partial charge < -0.3 is 15.4 Å². The summed E-state index contributed by atoms with van der Waals surface area (Å²) in [4.78, 5) is 25.5. The molecule has 162 valence electrons. The van der Waals surface area contributed by atoms with E-state index in [1.165, 1.54) is 4.57 Å². The number of carbonyl (C=O) groups excluding carboxylic acids is 2. The van der Waals surface area contributed by atoms with E-state index < -0.39 is 11.7 Å². The number of carbonyl (C=O) groups is 2. The first kappa shape index (κ1) is 20.1. The number of aromatic nitrogens is 1. The van der Waals surface area contributed by atoms with Crippen LogP contribution in [0.2, 0.25) is 0 Å². The Balaban J connectivity index is 1.44. The van der Waals surface area contributed by atoms with Gasteiger partial charge in [-0.1, -0.05) is 30.4 Å². The highest BCUT2D eigenvalue weighted by atomic mass is 16.6. The first-order chi connectivity index (χ1) is 15.3. The summed E-state index contributed by atoms with van der Waals surface area (Å²) in [5.74, 6) is -0.140. The van der Waals surface area contributed by atoms with E-state index in [0.717, 1.165) is 39.5 Å². The Bertz CT molecular complexity index is 1250. The lowest BCUT2D eigenvalue weighted by Gasteiger charge is -2.22. The van der Waals surface area contributed by atoms with E-state index in [1.54, 1.807) is 6.20 Å². The predicted molar refractivity (Wildman–Crippen MR) is 124 cm³/mol. The molecule has 1 fully saturated rings. The summed E-state index contributed by atoms with van der Waals surface area (Å²) >= 11 is 0. The second-order valence-corrected chi connectivity index (χ2v) is 9.12. The molecule has 1 atom stereocenters. The maximum atomic E-state index is 12.9. The van der Waals surface area contributed by atoms with Crippen LogP contribution in [-0.2, 0) is 9.53 Å². The molecule has 2 N–H and O–H groups in total. The number of amides is 1. The molecule has 3 heterocycles. The molecule has 0 saturated carbocycles. The van der Waals surface area contributed by atoms with Gasteiger partial charge in [-0.3, -0.25) is 9.36 Å². The van der Waals surface area contributed by atoms with Crippen molar-refractivity contribution >= 4 is 29.3 Å². The van der Waals surface area contributed by atoms with Crippen LogP contribution in [-0.4, -0.2) is 22.2 Å². The summed E-state index contributed by atoms with van der Waals surface area (Å²) in [7, 11) is 0. The van der Waals surface area contributed by atoms with Crippen molar-refractivity contribution in [1.29, 1.82) is 0 Å². The molecule has 32 heavy (non-hydrogen) atoms. The van der Waals surface area contributed by atoms with E-state index in [0.29, 0.717) is 6.42 Å². The fraction of sp³-hybridized carbons (Fsp3) is 0.231. The number of fused-ring (bicyclic) bond motifs is 2. The summed E-state index contributed by atoms with van der Waals surface area (Å²) in [5, 5.41) is 6.44. The van der Waals surface area contributed by atoms with Crippen molar-refractivity contribution in [3.63, 3.8) is 0 Å². The lowest BCUT2D eigenvalue weighted by Crippen LogP contribution is -2.27. The molecule has 1 aliphatic carbocycles. The molecular weight excluding hydrogens is 402 g/mol. The molecule has 2 aliphatic heterocycles. The quantitative estimate of drug-likeness (QED) is 0.623. The molecule has 5 rings (SSSR count). The highest BCUT2D eigenvalue weighted by Gasteiger charge is 2.37. The largest absolute Gasteiger partial charge is 0.443 e. The van der Waals surface area contributed by atoms with Gasteiger partial charge in [0.2, 0.25) is 0 Å². The third-order valence-electron chi connectivity index (χ3n) is 5.70. The average Bonchev–Trinajstić information content (AvgIpc) is 3.35. The first-order valence-corrected chi connectivity index (χ1v) is 10.7. The van der Waals surface area contributed by atoms with Crippen LogP contribution in [0.25, 0.3) is 11.6 Å². The Labute approximate surface area is 187 Å². The predicted octanol–water partition coefficient (Wildman–Crippen LogP) is 5.08. The maximum Gasteiger partial charge on any atom is 0.418 e. The molecule has 0 spiro atoms. The number of nitrogens with one attached hydrogen (secondary N) is 2. The third-order valence-corrected chi connectivity index (χ3v) is 5.70. The Kier molecular flexibility index (Phi) is 4.66. The molecule has 2 aromatic rings. The minimum Gasteiger partial charge on any atom is -0.443 e. The summed E-state index contributed by atoms with van der Waals surface area (Å²) in [6, 6.07) is 11.7. The van der Waals surface area contributed by atoms with Crippen LogP contribution in [0.5, 0.6) is 0 Å². The standard InChI is InChI=1S/C26H25N3O3/c1-26(2,3)32-25(31)29-14-6-9-22(29)17-10-12-18-21(15-17)28-24(30)23(18)20-13-11-16-7-4-5-8-19(16)27-20/h4-11,13-15,18,27H,12H2,1-3H3,(H,28,30). The molecule has 1 aromatic heterocycles. The number of hydrogen-bond donors (Lipinski definition) is 2. The van der Waals surface area contributed by atoms with Gasteiger partial charge in [0.05, 0.1) is 5.69 Å². The summed E-state index contributed by atoms with van der Waals surface area (Å²) in [6.07, 6.45) is 9.96. The summed E-state index contributed by atoms with van der Waals surface area (Å²) in [5.41, 5.74) is 5.54. The monoisotopic (exact) mass is 427 g/mol. The highest BCUT2D eigenvalue weighted by Crippen LogP contribution is 2.39. The second-order valence-electron chi connectivity index (χ2n) is 9.12. The molecule has 1 saturated heterocycles. The van der Waals surface area contributed by atoms with E-state index >= 15 is 0 Å². The zero-order valence-electron chi connectivity index (χ0n) is 18.3. The SMILES string of the molecule is CC(C)(C)OC(=O)n1cccc1C1=CCC2C(=C1)NC(=O)C2=C1C=Cc2ccccc2N1. The first-order valence-electron chi connectivity index (χ1n) is 10.7. The van der Waals surface area contributed by atoms with Crippen molar-refractivity contribution in [2.24, 2.45) is 5.92 Å². The maximum absolute atomic E-state index is 12.9. The highest BCUT2D eigenvalue weighted by molar-refractivity contribution is 6.02. The van der Waals surface area contributed by atoms with Crippen molar-refractivity contribution in [2.45, 2.75) is 32.8 Å². The number of anilines is 1. The summed E-state index contributed by atoms with van der Waals surface area (Å²) < 4.78 is 7.03. The Morgan fingerprint density at radius 2 is 1.91 bits per heavy atom. The van der Waals surface area contributed by atoms with Crippen molar-refractivity contribution in [2.75, 3.05) is 5.32 Å². The van der Waals surface area contributed by atoms with Gasteiger partial charge in [-0.25, -0.2) is 4.79 Å². The fourth-order valence-electron chi connectivity index (χ4n) is 4.30. The van der Waals surface area contributed by atoms with Crippen LogP contribution < -0.4 is 10.6 Å². The minimum atomic E-state index is -0.581. The molecule has 3 aliphatic rings. The van der Waals surface area contributed by atoms with Crippen molar-refractivity contribution < 1.29 is 14.3 Å². The van der Waals surface area contributed by atoms with Crippen molar-refractivity contribution in [3.8, 4) is 0 Å². The van der Waals surface area contributed by atoms with Gasteiger partial charge in [0, 0.05) is 34.8 Å². The van der Waals surface area contributed by atoms with E-state index in [1.807, 2.05) is 75.4 Å². The zero-order chi connectivity index (χ0) is 22.5. The van der Waals surface area contributed by atoms with E-state index in [9.17, 15) is 9.59 Å². The minimum absolute atomic E-state index is 0.0476. The number of benzene rings is 1. The molecule has 6 nitrogen and oxygen atoms in total. The van der Waals surface area contributed by atoms with Crippen molar-refractivity contribution in [3.05, 3.63) is 89.0 Å².